The summed E-state index contributed by atoms with van der Waals surface area (Å²) in [4.78, 5) is 0. The predicted molar refractivity (Wildman–Crippen MR) is 44.2 cm³/mol. The van der Waals surface area contributed by atoms with Gasteiger partial charge in [-0.3, -0.25) is 0 Å². The van der Waals surface area contributed by atoms with Crippen LogP contribution in [0, 0.1) is 0 Å². The molecule has 2 N–H and O–H groups in total. The van der Waals surface area contributed by atoms with E-state index in [1.54, 1.807) is 0 Å². The van der Waals surface area contributed by atoms with Crippen molar-refractivity contribution in [3.05, 3.63) is 0 Å². The lowest BCUT2D eigenvalue weighted by molar-refractivity contribution is 0.389. The van der Waals surface area contributed by atoms with Crippen molar-refractivity contribution >= 4 is 30.3 Å². The van der Waals surface area contributed by atoms with Gasteiger partial charge >= 0.3 is 7.12 Å². The number of halogens is 2. The summed E-state index contributed by atoms with van der Waals surface area (Å²) in [5.41, 5.74) is 0. The molecule has 0 aliphatic carbocycles. The summed E-state index contributed by atoms with van der Waals surface area (Å²) < 4.78 is -1.39. The van der Waals surface area contributed by atoms with Crippen molar-refractivity contribution in [3.8, 4) is 0 Å². The van der Waals surface area contributed by atoms with Gasteiger partial charge in [0.05, 0.1) is 0 Å². The zero-order valence-corrected chi connectivity index (χ0v) is 7.36. The lowest BCUT2D eigenvalue weighted by atomic mass is 9.82. The van der Waals surface area contributed by atoms with E-state index in [1.165, 1.54) is 0 Å². The van der Waals surface area contributed by atoms with Crippen LogP contribution in [-0.4, -0.2) is 21.4 Å². The molecule has 60 valence electrons. The van der Waals surface area contributed by atoms with E-state index in [9.17, 15) is 0 Å². The molecule has 0 saturated carbocycles. The van der Waals surface area contributed by atoms with E-state index in [2.05, 4.69) is 0 Å². The first-order valence-electron chi connectivity index (χ1n) is 3.24. The Labute approximate surface area is 71.3 Å². The predicted octanol–water partition coefficient (Wildman–Crippen LogP) is 1.36. The Morgan fingerprint density at radius 2 is 1.90 bits per heavy atom. The Bertz CT molecular complexity index is 97.6. The molecule has 0 aromatic carbocycles. The Hall–Kier alpha value is 0.565. The zero-order valence-electron chi connectivity index (χ0n) is 5.85. The van der Waals surface area contributed by atoms with Gasteiger partial charge in [-0.25, -0.2) is 0 Å². The fraction of sp³-hybridized carbons (Fsp3) is 1.00. The smallest absolute Gasteiger partial charge is 0.425 e. The lowest BCUT2D eigenvalue weighted by Crippen LogP contribution is -2.35. The summed E-state index contributed by atoms with van der Waals surface area (Å²) in [6.45, 7) is 1.98. The van der Waals surface area contributed by atoms with Gasteiger partial charge in [-0.15, -0.1) is 23.2 Å². The minimum absolute atomic E-state index is 0.407. The highest BCUT2D eigenvalue weighted by atomic mass is 35.5. The number of unbranched alkanes of at least 4 members (excludes halogenated alkanes) is 1. The highest BCUT2D eigenvalue weighted by molar-refractivity contribution is 6.75. The summed E-state index contributed by atoms with van der Waals surface area (Å²) in [6, 6.07) is 0. The molecule has 0 saturated heterocycles. The molecule has 0 unspecified atom stereocenters. The SMILES string of the molecule is CCCCC(Cl)(Cl)B(O)O. The molecule has 0 aromatic rings. The Kier molecular flexibility index (Phi) is 4.70. The topological polar surface area (TPSA) is 40.5 Å². The van der Waals surface area contributed by atoms with Gasteiger partial charge in [-0.2, -0.15) is 0 Å². The first-order chi connectivity index (χ1) is 4.50. The van der Waals surface area contributed by atoms with Crippen LogP contribution in [0.4, 0.5) is 0 Å². The zero-order chi connectivity index (χ0) is 8.20. The largest absolute Gasteiger partial charge is 0.490 e. The second-order valence-electron chi connectivity index (χ2n) is 2.24. The van der Waals surface area contributed by atoms with E-state index >= 15 is 0 Å². The maximum absolute atomic E-state index is 8.60. The third kappa shape index (κ3) is 3.66. The highest BCUT2D eigenvalue weighted by Crippen LogP contribution is 2.28. The summed E-state index contributed by atoms with van der Waals surface area (Å²) in [6.07, 6.45) is 2.14. The molecule has 0 aliphatic rings. The number of alkyl halides is 2. The van der Waals surface area contributed by atoms with Crippen LogP contribution in [0.2, 0.25) is 0 Å². The summed E-state index contributed by atoms with van der Waals surface area (Å²) in [5, 5.41) is 17.2. The Morgan fingerprint density at radius 3 is 2.20 bits per heavy atom. The van der Waals surface area contributed by atoms with Crippen LogP contribution in [-0.2, 0) is 0 Å². The van der Waals surface area contributed by atoms with Crippen molar-refractivity contribution in [1.29, 1.82) is 0 Å². The van der Waals surface area contributed by atoms with Crippen LogP contribution in [0.5, 0.6) is 0 Å². The van der Waals surface area contributed by atoms with E-state index in [4.69, 9.17) is 33.2 Å². The Balaban J connectivity index is 3.63. The first-order valence-corrected chi connectivity index (χ1v) is 4.00. The average molecular weight is 185 g/mol. The molecule has 10 heavy (non-hydrogen) atoms. The summed E-state index contributed by atoms with van der Waals surface area (Å²) in [5.74, 6) is 0. The molecule has 0 fully saturated rings. The standard InChI is InChI=1S/C5H11BCl2O2/c1-2-3-4-5(7,8)6(9)10/h9-10H,2-4H2,1H3. The van der Waals surface area contributed by atoms with E-state index < -0.39 is 11.4 Å². The lowest BCUT2D eigenvalue weighted by Gasteiger charge is -2.16. The van der Waals surface area contributed by atoms with Crippen LogP contribution < -0.4 is 0 Å². The van der Waals surface area contributed by atoms with Gasteiger partial charge in [0.1, 0.15) is 0 Å². The molecule has 0 aromatic heterocycles. The van der Waals surface area contributed by atoms with E-state index in [1.807, 2.05) is 6.92 Å². The molecule has 5 heteroatoms. The number of rotatable bonds is 4. The average Bonchev–Trinajstić information content (AvgIpc) is 1.84. The first kappa shape index (κ1) is 10.6. The number of hydrogen-bond acceptors (Lipinski definition) is 2. The van der Waals surface area contributed by atoms with Gasteiger partial charge in [0.15, 0.2) is 4.23 Å². The summed E-state index contributed by atoms with van der Waals surface area (Å²) >= 11 is 11.0. The monoisotopic (exact) mass is 184 g/mol. The summed E-state index contributed by atoms with van der Waals surface area (Å²) in [7, 11) is -1.65. The van der Waals surface area contributed by atoms with Crippen molar-refractivity contribution in [2.75, 3.05) is 0 Å². The van der Waals surface area contributed by atoms with Gasteiger partial charge in [0.25, 0.3) is 0 Å². The third-order valence-corrected chi connectivity index (χ3v) is 2.01. The normalized spacial score (nSPS) is 11.7. The van der Waals surface area contributed by atoms with Crippen molar-refractivity contribution in [3.63, 3.8) is 0 Å². The van der Waals surface area contributed by atoms with Crippen molar-refractivity contribution in [2.24, 2.45) is 0 Å². The molecule has 0 radical (unpaired) electrons. The molecule has 0 atom stereocenters. The maximum atomic E-state index is 8.60. The molecule has 0 bridgehead atoms. The van der Waals surface area contributed by atoms with Crippen LogP contribution in [0.25, 0.3) is 0 Å². The molecule has 0 spiro atoms. The van der Waals surface area contributed by atoms with Crippen LogP contribution >= 0.6 is 23.2 Å². The van der Waals surface area contributed by atoms with Crippen LogP contribution in [0.3, 0.4) is 0 Å². The molecular formula is C5H11BCl2O2. The molecule has 0 aliphatic heterocycles. The second-order valence-corrected chi connectivity index (χ2v) is 3.78. The minimum Gasteiger partial charge on any atom is -0.425 e. The van der Waals surface area contributed by atoms with E-state index in [-0.39, 0.29) is 0 Å². The minimum atomic E-state index is -1.65. The quantitative estimate of drug-likeness (QED) is 0.512. The molecular weight excluding hydrogens is 174 g/mol. The van der Waals surface area contributed by atoms with Gasteiger partial charge in [0.2, 0.25) is 0 Å². The molecule has 0 rings (SSSR count). The van der Waals surface area contributed by atoms with E-state index in [0.717, 1.165) is 12.8 Å². The van der Waals surface area contributed by atoms with Crippen molar-refractivity contribution < 1.29 is 10.0 Å². The molecule has 0 heterocycles. The van der Waals surface area contributed by atoms with Crippen LogP contribution in [0.1, 0.15) is 26.2 Å². The fourth-order valence-corrected chi connectivity index (χ4v) is 0.809. The van der Waals surface area contributed by atoms with Crippen molar-refractivity contribution in [1.82, 2.24) is 0 Å². The second kappa shape index (κ2) is 4.44. The van der Waals surface area contributed by atoms with Crippen molar-refractivity contribution in [2.45, 2.75) is 30.4 Å². The fourth-order valence-electron chi connectivity index (χ4n) is 0.542. The number of hydrogen-bond donors (Lipinski definition) is 2. The van der Waals surface area contributed by atoms with Gasteiger partial charge in [-0.05, 0) is 6.42 Å². The van der Waals surface area contributed by atoms with E-state index in [0.29, 0.717) is 6.42 Å². The molecule has 2 nitrogen and oxygen atoms in total. The molecule has 0 amide bonds. The van der Waals surface area contributed by atoms with Gasteiger partial charge in [0, 0.05) is 0 Å². The highest BCUT2D eigenvalue weighted by Gasteiger charge is 2.37. The van der Waals surface area contributed by atoms with Gasteiger partial charge < -0.3 is 10.0 Å². The third-order valence-electron chi connectivity index (χ3n) is 1.24. The Morgan fingerprint density at radius 1 is 1.40 bits per heavy atom. The maximum Gasteiger partial charge on any atom is 0.490 e. The van der Waals surface area contributed by atoms with Gasteiger partial charge in [-0.1, -0.05) is 19.8 Å². The van der Waals surface area contributed by atoms with Crippen LogP contribution in [0.15, 0.2) is 0 Å².